The molecule has 2 aliphatic carbocycles. The summed E-state index contributed by atoms with van der Waals surface area (Å²) in [7, 11) is 0. The van der Waals surface area contributed by atoms with E-state index in [1.165, 1.54) is 6.08 Å². The van der Waals surface area contributed by atoms with Crippen molar-refractivity contribution >= 4 is 11.4 Å². The lowest BCUT2D eigenvalue weighted by Crippen LogP contribution is -2.54. The molecule has 0 amide bonds. The lowest BCUT2D eigenvalue weighted by atomic mass is 9.56. The largest absolute Gasteiger partial charge is 0.470 e. The molecule has 0 radical (unpaired) electrons. The fraction of sp³-hybridized carbons (Fsp3) is 0.391. The Balaban J connectivity index is 1.79. The lowest BCUT2D eigenvalue weighted by Gasteiger charge is -2.48. The smallest absolute Gasteiger partial charge is 0.262 e. The molecule has 1 N–H and O–H groups in total. The highest BCUT2D eigenvalue weighted by Gasteiger charge is 2.59. The Morgan fingerprint density at radius 3 is 2.71 bits per heavy atom. The molecule has 0 saturated carbocycles. The summed E-state index contributed by atoms with van der Waals surface area (Å²) < 4.78 is 11.6. The Hall–Kier alpha value is -2.66. The van der Waals surface area contributed by atoms with Crippen molar-refractivity contribution in [1.82, 2.24) is 5.16 Å². The van der Waals surface area contributed by atoms with Crippen LogP contribution in [-0.2, 0) is 11.4 Å². The SMILES string of the molecule is C=C1c2c(OCc3ccccc3)noc2C(C(C)(C)C)C2CC=CC(=O)C12O. The second-order valence-corrected chi connectivity index (χ2v) is 8.70. The van der Waals surface area contributed by atoms with E-state index in [0.717, 1.165) is 5.56 Å². The predicted octanol–water partition coefficient (Wildman–Crippen LogP) is 4.29. The van der Waals surface area contributed by atoms with Gasteiger partial charge in [-0.3, -0.25) is 4.79 Å². The summed E-state index contributed by atoms with van der Waals surface area (Å²) in [4.78, 5) is 12.8. The Bertz CT molecular complexity index is 951. The third-order valence-electron chi connectivity index (χ3n) is 5.86. The van der Waals surface area contributed by atoms with Crippen LogP contribution in [0.5, 0.6) is 5.88 Å². The predicted molar refractivity (Wildman–Crippen MR) is 106 cm³/mol. The van der Waals surface area contributed by atoms with Gasteiger partial charge in [-0.1, -0.05) is 63.8 Å². The van der Waals surface area contributed by atoms with Crippen molar-refractivity contribution in [3.63, 3.8) is 0 Å². The summed E-state index contributed by atoms with van der Waals surface area (Å²) in [6, 6.07) is 9.73. The summed E-state index contributed by atoms with van der Waals surface area (Å²) in [5.41, 5.74) is -0.0995. The molecule has 0 aliphatic heterocycles. The Labute approximate surface area is 164 Å². The number of carbonyl (C=O) groups is 1. The first-order valence-electron chi connectivity index (χ1n) is 9.54. The van der Waals surface area contributed by atoms with E-state index in [4.69, 9.17) is 9.26 Å². The number of fused-ring (bicyclic) bond motifs is 2. The van der Waals surface area contributed by atoms with Gasteiger partial charge in [-0.25, -0.2) is 0 Å². The van der Waals surface area contributed by atoms with Crippen molar-refractivity contribution in [2.24, 2.45) is 11.3 Å². The molecule has 0 spiro atoms. The van der Waals surface area contributed by atoms with Crippen LogP contribution < -0.4 is 4.74 Å². The first-order valence-corrected chi connectivity index (χ1v) is 9.54. The Kier molecular flexibility index (Phi) is 4.31. The van der Waals surface area contributed by atoms with Crippen LogP contribution in [0, 0.1) is 11.3 Å². The molecule has 2 aliphatic rings. The third-order valence-corrected chi connectivity index (χ3v) is 5.86. The van der Waals surface area contributed by atoms with Gasteiger partial charge in [0.05, 0.1) is 5.56 Å². The van der Waals surface area contributed by atoms with Crippen molar-refractivity contribution in [3.05, 3.63) is 65.9 Å². The average molecular weight is 379 g/mol. The molecule has 28 heavy (non-hydrogen) atoms. The normalized spacial score (nSPS) is 26.7. The minimum atomic E-state index is -1.67. The van der Waals surface area contributed by atoms with E-state index in [9.17, 15) is 9.90 Å². The van der Waals surface area contributed by atoms with Crippen LogP contribution in [-0.4, -0.2) is 21.6 Å². The number of allylic oxidation sites excluding steroid dienone is 1. The van der Waals surface area contributed by atoms with E-state index in [0.29, 0.717) is 29.9 Å². The minimum Gasteiger partial charge on any atom is -0.470 e. The van der Waals surface area contributed by atoms with Gasteiger partial charge < -0.3 is 14.4 Å². The van der Waals surface area contributed by atoms with Crippen LogP contribution in [0.2, 0.25) is 0 Å². The van der Waals surface area contributed by atoms with Crippen molar-refractivity contribution < 1.29 is 19.2 Å². The molecule has 1 aromatic carbocycles. The minimum absolute atomic E-state index is 0.200. The highest BCUT2D eigenvalue weighted by molar-refractivity contribution is 6.09. The van der Waals surface area contributed by atoms with E-state index >= 15 is 0 Å². The standard InChI is InChI=1S/C23H25NO4/c1-14-18-20(28-24-21(18)27-13-15-9-6-5-7-10-15)19(22(2,3)4)16-11-8-12-17(25)23(14,16)26/h5-10,12,16,19,26H,1,11,13H2,2-4H3. The zero-order chi connectivity index (χ0) is 20.1. The number of aliphatic hydroxyl groups is 1. The number of ether oxygens (including phenoxy) is 1. The van der Waals surface area contributed by atoms with Gasteiger partial charge in [0.2, 0.25) is 0 Å². The van der Waals surface area contributed by atoms with Crippen molar-refractivity contribution in [2.45, 2.75) is 45.3 Å². The highest BCUT2D eigenvalue weighted by atomic mass is 16.5. The van der Waals surface area contributed by atoms with E-state index in [1.54, 1.807) is 0 Å². The molecule has 146 valence electrons. The summed E-state index contributed by atoms with van der Waals surface area (Å²) in [6.07, 6.45) is 3.84. The summed E-state index contributed by atoms with van der Waals surface area (Å²) in [5, 5.41) is 15.7. The number of aromatic nitrogens is 1. The number of nitrogens with zero attached hydrogens (tertiary/aromatic N) is 1. The molecule has 3 atom stereocenters. The van der Waals surface area contributed by atoms with Crippen LogP contribution in [0.4, 0.5) is 0 Å². The maximum atomic E-state index is 12.8. The third kappa shape index (κ3) is 2.73. The maximum absolute atomic E-state index is 12.8. The van der Waals surface area contributed by atoms with Gasteiger partial charge in [0.15, 0.2) is 17.1 Å². The number of ketones is 1. The monoisotopic (exact) mass is 379 g/mol. The number of benzene rings is 1. The molecular weight excluding hydrogens is 354 g/mol. The Morgan fingerprint density at radius 2 is 2.04 bits per heavy atom. The quantitative estimate of drug-likeness (QED) is 0.861. The van der Waals surface area contributed by atoms with Gasteiger partial charge >= 0.3 is 0 Å². The van der Waals surface area contributed by atoms with E-state index in [2.05, 4.69) is 32.5 Å². The lowest BCUT2D eigenvalue weighted by molar-refractivity contribution is -0.134. The van der Waals surface area contributed by atoms with Gasteiger partial charge in [-0.2, -0.15) is 0 Å². The number of rotatable bonds is 3. The van der Waals surface area contributed by atoms with Crippen molar-refractivity contribution in [3.8, 4) is 5.88 Å². The molecule has 3 unspecified atom stereocenters. The van der Waals surface area contributed by atoms with Gasteiger partial charge in [0.1, 0.15) is 6.61 Å². The van der Waals surface area contributed by atoms with E-state index in [1.807, 2.05) is 36.4 Å². The molecule has 0 saturated heterocycles. The average Bonchev–Trinajstić information content (AvgIpc) is 3.06. The molecule has 1 aromatic heterocycles. The fourth-order valence-corrected chi connectivity index (χ4v) is 4.52. The van der Waals surface area contributed by atoms with Crippen LogP contribution in [0.3, 0.4) is 0 Å². The van der Waals surface area contributed by atoms with Gasteiger partial charge in [0.25, 0.3) is 5.88 Å². The zero-order valence-corrected chi connectivity index (χ0v) is 16.4. The van der Waals surface area contributed by atoms with E-state index in [-0.39, 0.29) is 28.9 Å². The maximum Gasteiger partial charge on any atom is 0.262 e. The molecule has 1 heterocycles. The molecule has 5 heteroatoms. The number of hydrogen-bond acceptors (Lipinski definition) is 5. The summed E-state index contributed by atoms with van der Waals surface area (Å²) in [5.74, 6) is 0.0166. The van der Waals surface area contributed by atoms with Crippen LogP contribution in [0.25, 0.3) is 5.57 Å². The highest BCUT2D eigenvalue weighted by Crippen LogP contribution is 2.58. The summed E-state index contributed by atoms with van der Waals surface area (Å²) >= 11 is 0. The second kappa shape index (κ2) is 6.45. The van der Waals surface area contributed by atoms with Crippen molar-refractivity contribution in [1.29, 1.82) is 0 Å². The van der Waals surface area contributed by atoms with Crippen LogP contribution in [0.1, 0.15) is 50.0 Å². The second-order valence-electron chi connectivity index (χ2n) is 8.70. The fourth-order valence-electron chi connectivity index (χ4n) is 4.52. The van der Waals surface area contributed by atoms with Crippen LogP contribution in [0.15, 0.2) is 53.6 Å². The van der Waals surface area contributed by atoms with Crippen molar-refractivity contribution in [2.75, 3.05) is 0 Å². The van der Waals surface area contributed by atoms with E-state index < -0.39 is 5.60 Å². The molecule has 5 nitrogen and oxygen atoms in total. The van der Waals surface area contributed by atoms with Gasteiger partial charge in [-0.15, -0.1) is 0 Å². The van der Waals surface area contributed by atoms with Crippen LogP contribution >= 0.6 is 0 Å². The Morgan fingerprint density at radius 1 is 1.32 bits per heavy atom. The molecule has 2 aromatic rings. The number of hydrogen-bond donors (Lipinski definition) is 1. The van der Waals surface area contributed by atoms with Gasteiger partial charge in [-0.05, 0) is 28.6 Å². The molecule has 4 rings (SSSR count). The molecule has 0 bridgehead atoms. The van der Waals surface area contributed by atoms with Gasteiger partial charge in [0, 0.05) is 17.4 Å². The molecule has 0 fully saturated rings. The first kappa shape index (κ1) is 18.7. The zero-order valence-electron chi connectivity index (χ0n) is 16.4. The molecular formula is C23H25NO4. The first-order chi connectivity index (χ1) is 13.2. The topological polar surface area (TPSA) is 72.6 Å². The summed E-state index contributed by atoms with van der Waals surface area (Å²) in [6.45, 7) is 10.6. The number of carbonyl (C=O) groups excluding carboxylic acids is 1.